The fourth-order valence-corrected chi connectivity index (χ4v) is 612. The highest BCUT2D eigenvalue weighted by molar-refractivity contribution is 8.25. The van der Waals surface area contributed by atoms with Gasteiger partial charge in [0, 0.05) is 6.63 Å². The summed E-state index contributed by atoms with van der Waals surface area (Å²) in [7, 11) is -52.9. The molecular weight excluding hydrogens is 1110 g/mol. The third kappa shape index (κ3) is 9.57. The summed E-state index contributed by atoms with van der Waals surface area (Å²) < 4.78 is 236. The molecule has 0 rings (SSSR count). The van der Waals surface area contributed by atoms with Gasteiger partial charge in [-0.2, -0.15) is 64.8 Å². The van der Waals surface area contributed by atoms with Crippen molar-refractivity contribution in [2.45, 2.75) is 180 Å². The molecule has 0 aromatic heterocycles. The Hall–Kier alpha value is 1.92. The van der Waals surface area contributed by atoms with Crippen LogP contribution in [0.2, 0.25) is 164 Å². The third-order valence-electron chi connectivity index (χ3n) is 14.3. The van der Waals surface area contributed by atoms with Crippen molar-refractivity contribution in [3.8, 4) is 0 Å². The van der Waals surface area contributed by atoms with Crippen LogP contribution in [0.25, 0.3) is 0 Å². The fraction of sp³-hybridized carbons (Fsp3) is 1.00. The molecule has 62 heavy (non-hydrogen) atoms. The Labute approximate surface area is 378 Å². The first-order valence-electron chi connectivity index (χ1n) is 19.9. The molecule has 0 fully saturated rings. The molecule has 0 aliphatic heterocycles. The standard InChI is InChI=1S/C28H75F9O9S3Si13/c1-50(2,3)60(51(4,5)6,44-47(38,39)26(29,30)31)56(19,20)59(25,57(21,22)61(52(7,8)9,53(10,11)12)45-48(40,41)27(32,33)34)58(23,24)62(54(13,14)15,55(16,17)18)46-49(42,43)28(35,36)37/h1-25H3. The highest BCUT2D eigenvalue weighted by atomic mass is 32.2. The number of hydrogen-bond donors (Lipinski definition) is 0. The molecule has 0 aliphatic carbocycles. The van der Waals surface area contributed by atoms with Crippen molar-refractivity contribution in [1.29, 1.82) is 0 Å². The maximum Gasteiger partial charge on any atom is 0.522 e. The molecule has 0 saturated carbocycles. The van der Waals surface area contributed by atoms with E-state index in [4.69, 9.17) is 11.6 Å². The molecule has 0 unspecified atom stereocenters. The number of rotatable bonds is 18. The largest absolute Gasteiger partial charge is 0.522 e. The summed E-state index contributed by atoms with van der Waals surface area (Å²) in [6, 6.07) is 0. The Morgan fingerprint density at radius 3 is 0.468 bits per heavy atom. The van der Waals surface area contributed by atoms with Gasteiger partial charge in [0.15, 0.2) is 20.6 Å². The van der Waals surface area contributed by atoms with E-state index < -0.39 is 141 Å². The van der Waals surface area contributed by atoms with Gasteiger partial charge >= 0.3 is 46.9 Å². The molecule has 0 radical (unpaired) electrons. The van der Waals surface area contributed by atoms with Crippen molar-refractivity contribution in [3.05, 3.63) is 0 Å². The van der Waals surface area contributed by atoms with E-state index in [1.54, 1.807) is 157 Å². The maximum absolute atomic E-state index is 14.9. The number of alkyl halides is 9. The van der Waals surface area contributed by atoms with Crippen LogP contribution in [0, 0.1) is 0 Å². The molecule has 0 aliphatic rings. The second-order valence-corrected chi connectivity index (χ2v) is 174. The lowest BCUT2D eigenvalue weighted by Gasteiger charge is -2.74. The first-order valence-corrected chi connectivity index (χ1v) is 74.4. The minimum absolute atomic E-state index is 1.72. The molecule has 0 saturated heterocycles. The summed E-state index contributed by atoms with van der Waals surface area (Å²) in [6.07, 6.45) is 0. The lowest BCUT2D eigenvalue weighted by atomic mass is 11.6. The molecular formula is C28H75F9O9S3Si13. The molecule has 34 heteroatoms. The van der Waals surface area contributed by atoms with E-state index in [-0.39, 0.29) is 0 Å². The van der Waals surface area contributed by atoms with E-state index in [9.17, 15) is 64.8 Å². The van der Waals surface area contributed by atoms with Gasteiger partial charge in [0.2, 0.25) is 0 Å². The molecule has 0 aromatic carbocycles. The van der Waals surface area contributed by atoms with Gasteiger partial charge in [-0.1, -0.05) is 164 Å². The van der Waals surface area contributed by atoms with Crippen molar-refractivity contribution in [2.75, 3.05) is 0 Å². The maximum atomic E-state index is 14.9. The molecule has 9 nitrogen and oxygen atoms in total. The van der Waals surface area contributed by atoms with Crippen molar-refractivity contribution < 1.29 is 76.4 Å². The van der Waals surface area contributed by atoms with E-state index in [0.717, 1.165) is 0 Å². The zero-order chi connectivity index (χ0) is 51.6. The second-order valence-electron chi connectivity index (χ2n) is 24.5. The molecule has 0 aromatic rings. The lowest BCUT2D eigenvalue weighted by molar-refractivity contribution is -0.0505. The van der Waals surface area contributed by atoms with Crippen LogP contribution in [0.15, 0.2) is 0 Å². The van der Waals surface area contributed by atoms with Crippen LogP contribution in [0.1, 0.15) is 0 Å². The Balaban J connectivity index is 11.0. The fourth-order valence-electron chi connectivity index (χ4n) is 14.1. The van der Waals surface area contributed by atoms with E-state index in [0.29, 0.717) is 0 Å². The van der Waals surface area contributed by atoms with Gasteiger partial charge in [-0.15, -0.1) is 0 Å². The van der Waals surface area contributed by atoms with Crippen molar-refractivity contribution >= 4 is 124 Å². The smallest absolute Gasteiger partial charge is 0.318 e. The number of hydrogen-bond acceptors (Lipinski definition) is 9. The Morgan fingerprint density at radius 1 is 0.274 bits per heavy atom. The molecule has 0 bridgehead atoms. The minimum Gasteiger partial charge on any atom is -0.318 e. The molecule has 0 N–H and O–H groups in total. The van der Waals surface area contributed by atoms with E-state index in [1.165, 1.54) is 0 Å². The molecule has 0 spiro atoms. The van der Waals surface area contributed by atoms with Crippen LogP contribution in [-0.4, -0.2) is 136 Å². The first kappa shape index (κ1) is 63.9. The topological polar surface area (TPSA) is 130 Å². The van der Waals surface area contributed by atoms with Gasteiger partial charge in [-0.05, 0) is 0 Å². The van der Waals surface area contributed by atoms with Gasteiger partial charge in [0.25, 0.3) is 0 Å². The van der Waals surface area contributed by atoms with Crippen LogP contribution >= 0.6 is 0 Å². The predicted molar refractivity (Wildman–Crippen MR) is 270 cm³/mol. The van der Waals surface area contributed by atoms with Gasteiger partial charge in [-0.3, -0.25) is 0 Å². The minimum atomic E-state index is -6.41. The summed E-state index contributed by atoms with van der Waals surface area (Å²) >= 11 is 0. The molecule has 0 heterocycles. The average molecular weight is 1190 g/mol. The Morgan fingerprint density at radius 2 is 0.387 bits per heavy atom. The molecule has 0 amide bonds. The van der Waals surface area contributed by atoms with Crippen molar-refractivity contribution in [1.82, 2.24) is 0 Å². The molecule has 0 atom stereocenters. The van der Waals surface area contributed by atoms with E-state index in [1.807, 2.05) is 6.55 Å². The van der Waals surface area contributed by atoms with Crippen molar-refractivity contribution in [2.24, 2.45) is 0 Å². The van der Waals surface area contributed by atoms with Crippen LogP contribution in [0.5, 0.6) is 0 Å². The van der Waals surface area contributed by atoms with Crippen LogP contribution in [-0.2, 0) is 42.0 Å². The zero-order valence-electron chi connectivity index (χ0n) is 41.3. The van der Waals surface area contributed by atoms with Gasteiger partial charge in [0.1, 0.15) is 0 Å². The summed E-state index contributed by atoms with van der Waals surface area (Å²) in [5.74, 6) is 0. The van der Waals surface area contributed by atoms with Gasteiger partial charge < -0.3 is 11.6 Å². The number of halogens is 9. The zero-order valence-corrected chi connectivity index (χ0v) is 56.8. The van der Waals surface area contributed by atoms with Crippen LogP contribution in [0.4, 0.5) is 39.5 Å². The summed E-state index contributed by atoms with van der Waals surface area (Å²) in [6.45, 7) is 24.9. The second kappa shape index (κ2) is 17.1. The molecule has 374 valence electrons. The summed E-state index contributed by atoms with van der Waals surface area (Å²) in [5, 5.41) is 0. The van der Waals surface area contributed by atoms with Gasteiger partial charge in [-0.25, -0.2) is 0 Å². The monoisotopic (exact) mass is 1190 g/mol. The quantitative estimate of drug-likeness (QED) is 0.0748. The lowest BCUT2D eigenvalue weighted by Crippen LogP contribution is -3.08. The summed E-state index contributed by atoms with van der Waals surface area (Å²) in [5.41, 5.74) is -17.7. The third-order valence-corrected chi connectivity index (χ3v) is 329. The summed E-state index contributed by atoms with van der Waals surface area (Å²) in [4.78, 5) is 0. The Bertz CT molecular complexity index is 1740. The van der Waals surface area contributed by atoms with E-state index in [2.05, 4.69) is 0 Å². The highest BCUT2D eigenvalue weighted by Crippen LogP contribution is 2.58. The highest BCUT2D eigenvalue weighted by Gasteiger charge is 2.88. The van der Waals surface area contributed by atoms with Gasteiger partial charge in [0.05, 0.1) is 66.9 Å². The SMILES string of the molecule is C[Si](C)(C)[Si](OS(=O)(=O)C(F)(F)F)([Si](C)(C)C)[Si](C)(C)[Si](C)([Si](C)(C)[Si](OS(=O)(=O)C(F)(F)F)([Si](C)(C)C)[Si](C)(C)C)[Si](C)(C)[Si](OS(=O)(=O)C(F)(F)F)([Si](C)(C)C)[Si](C)(C)C. The average Bonchev–Trinajstić information content (AvgIpc) is 2.90. The first-order chi connectivity index (χ1) is 25.9. The van der Waals surface area contributed by atoms with E-state index >= 15 is 0 Å². The normalized spacial score (nSPS) is 17.1. The van der Waals surface area contributed by atoms with Crippen LogP contribution < -0.4 is 0 Å². The van der Waals surface area contributed by atoms with Crippen LogP contribution in [0.3, 0.4) is 0 Å². The van der Waals surface area contributed by atoms with Crippen molar-refractivity contribution in [3.63, 3.8) is 0 Å². The predicted octanol–water partition coefficient (Wildman–Crippen LogP) is 10.6. The Kier molecular flexibility index (Phi) is 17.6.